The lowest BCUT2D eigenvalue weighted by molar-refractivity contribution is 0.481. The second-order valence-electron chi connectivity index (χ2n) is 17.1. The topological polar surface area (TPSA) is 43.4 Å². The molecule has 13 rings (SSSR count). The number of rotatable bonds is 7. The summed E-state index contributed by atoms with van der Waals surface area (Å²) < 4.78 is 13.8. The molecule has 0 aliphatic carbocycles. The molecule has 7 nitrogen and oxygen atoms in total. The van der Waals surface area contributed by atoms with Gasteiger partial charge in [-0.2, -0.15) is 0 Å². The molecule has 0 atom stereocenters. The van der Waals surface area contributed by atoms with Crippen LogP contribution < -0.4 is 9.64 Å². The minimum atomic E-state index is 0.761. The summed E-state index contributed by atoms with van der Waals surface area (Å²) in [5.74, 6) is 2.39. The van der Waals surface area contributed by atoms with E-state index in [1.54, 1.807) is 0 Å². The highest BCUT2D eigenvalue weighted by molar-refractivity contribution is 6.12. The van der Waals surface area contributed by atoms with Crippen molar-refractivity contribution in [3.8, 4) is 39.8 Å². The Labute approximate surface area is 375 Å². The number of para-hydroxylation sites is 5. The second kappa shape index (κ2) is 14.5. The van der Waals surface area contributed by atoms with E-state index >= 15 is 0 Å². The molecule has 1 aliphatic rings. The molecule has 65 heavy (non-hydrogen) atoms. The van der Waals surface area contributed by atoms with E-state index in [1.807, 2.05) is 12.1 Å². The van der Waals surface area contributed by atoms with Crippen molar-refractivity contribution in [3.05, 3.63) is 212 Å². The number of benzene rings is 8. The zero-order valence-electron chi connectivity index (χ0n) is 35.9. The van der Waals surface area contributed by atoms with Gasteiger partial charge < -0.3 is 23.7 Å². The Bertz CT molecular complexity index is 3670. The summed E-state index contributed by atoms with van der Waals surface area (Å²) >= 11 is 0. The molecule has 4 aromatic heterocycles. The SMILES string of the molecule is Cc1cc(-n2c3ccccc3c3ccc(Oc4cccc(N5C=CN(C)C5)c4)cc32)ncc1-c1c(-n2c3ccccc3c3ccccc32)cccc1-n1c2ccccc2c2ccccc21. The van der Waals surface area contributed by atoms with Crippen LogP contribution in [0.25, 0.3) is 93.7 Å². The van der Waals surface area contributed by atoms with E-state index < -0.39 is 0 Å². The van der Waals surface area contributed by atoms with Gasteiger partial charge in [0.05, 0.1) is 51.1 Å². The third kappa shape index (κ3) is 5.79. The molecule has 0 saturated carbocycles. The summed E-state index contributed by atoms with van der Waals surface area (Å²) in [4.78, 5) is 9.77. The van der Waals surface area contributed by atoms with Crippen molar-refractivity contribution in [1.29, 1.82) is 0 Å². The molecule has 12 aromatic rings. The van der Waals surface area contributed by atoms with Crippen LogP contribution in [0.2, 0.25) is 0 Å². The molecule has 310 valence electrons. The van der Waals surface area contributed by atoms with Crippen LogP contribution in [-0.2, 0) is 0 Å². The maximum Gasteiger partial charge on any atom is 0.137 e. The fourth-order valence-electron chi connectivity index (χ4n) is 10.3. The van der Waals surface area contributed by atoms with Crippen molar-refractivity contribution in [1.82, 2.24) is 23.6 Å². The van der Waals surface area contributed by atoms with Crippen molar-refractivity contribution in [2.45, 2.75) is 6.92 Å². The summed E-state index contributed by atoms with van der Waals surface area (Å²) in [7, 11) is 2.07. The van der Waals surface area contributed by atoms with Gasteiger partial charge in [0.2, 0.25) is 0 Å². The van der Waals surface area contributed by atoms with Gasteiger partial charge >= 0.3 is 0 Å². The highest BCUT2D eigenvalue weighted by Crippen LogP contribution is 2.44. The van der Waals surface area contributed by atoms with Gasteiger partial charge in [-0.1, -0.05) is 103 Å². The van der Waals surface area contributed by atoms with E-state index in [2.05, 4.69) is 232 Å². The normalized spacial score (nSPS) is 12.9. The maximum absolute atomic E-state index is 6.62. The highest BCUT2D eigenvalue weighted by atomic mass is 16.5. The van der Waals surface area contributed by atoms with Gasteiger partial charge in [-0.05, 0) is 85.3 Å². The lowest BCUT2D eigenvalue weighted by Gasteiger charge is -2.21. The van der Waals surface area contributed by atoms with E-state index in [9.17, 15) is 0 Å². The highest BCUT2D eigenvalue weighted by Gasteiger charge is 2.24. The molecular formula is C58H42N6O. The Morgan fingerprint density at radius 2 is 0.938 bits per heavy atom. The number of aromatic nitrogens is 4. The molecule has 0 unspecified atom stereocenters. The lowest BCUT2D eigenvalue weighted by atomic mass is 9.98. The predicted molar refractivity (Wildman–Crippen MR) is 268 cm³/mol. The Balaban J connectivity index is 1.02. The smallest absolute Gasteiger partial charge is 0.137 e. The zero-order chi connectivity index (χ0) is 43.2. The number of anilines is 1. The number of hydrogen-bond donors (Lipinski definition) is 0. The van der Waals surface area contributed by atoms with Crippen LogP contribution >= 0.6 is 0 Å². The van der Waals surface area contributed by atoms with E-state index in [4.69, 9.17) is 9.72 Å². The van der Waals surface area contributed by atoms with Crippen LogP contribution in [-0.4, -0.2) is 37.3 Å². The maximum atomic E-state index is 6.62. The number of ether oxygens (including phenoxy) is 1. The van der Waals surface area contributed by atoms with Crippen molar-refractivity contribution < 1.29 is 4.74 Å². The van der Waals surface area contributed by atoms with Crippen LogP contribution in [0.4, 0.5) is 5.69 Å². The van der Waals surface area contributed by atoms with Crippen LogP contribution in [0.1, 0.15) is 5.56 Å². The number of fused-ring (bicyclic) bond motifs is 9. The van der Waals surface area contributed by atoms with Crippen LogP contribution in [0.15, 0.2) is 207 Å². The minimum absolute atomic E-state index is 0.761. The van der Waals surface area contributed by atoms with Crippen molar-refractivity contribution in [2.24, 2.45) is 0 Å². The van der Waals surface area contributed by atoms with Gasteiger partial charge in [0.1, 0.15) is 17.3 Å². The van der Waals surface area contributed by atoms with Crippen molar-refractivity contribution in [2.75, 3.05) is 18.6 Å². The summed E-state index contributed by atoms with van der Waals surface area (Å²) in [5.41, 5.74) is 13.3. The standard InChI is InChI=1S/C58H42N6O/c1-38-33-57(64-53-26-12-7-21-46(53)47-30-29-41(35-56(47)64)65-40-16-13-15-39(34-40)61-32-31-60(2)37-61)59-36-48(38)58-54(62-49-22-8-3-17-42(49)43-18-4-9-23-50(43)62)27-14-28-55(58)63-51-24-10-5-19-44(51)45-20-6-11-25-52(45)63/h3-36H,37H2,1-2H3. The first-order chi connectivity index (χ1) is 32.1. The molecule has 8 aromatic carbocycles. The largest absolute Gasteiger partial charge is 0.457 e. The van der Waals surface area contributed by atoms with Gasteiger partial charge in [-0.25, -0.2) is 4.98 Å². The Hall–Kier alpha value is -8.55. The predicted octanol–water partition coefficient (Wildman–Crippen LogP) is 14.3. The van der Waals surface area contributed by atoms with Crippen LogP contribution in [0.5, 0.6) is 11.5 Å². The van der Waals surface area contributed by atoms with Gasteiger partial charge in [0, 0.05) is 86.9 Å². The van der Waals surface area contributed by atoms with E-state index in [1.165, 1.54) is 21.5 Å². The fraction of sp³-hybridized carbons (Fsp3) is 0.0517. The van der Waals surface area contributed by atoms with Crippen molar-refractivity contribution in [3.63, 3.8) is 0 Å². The Kier molecular flexibility index (Phi) is 8.27. The molecule has 5 heterocycles. The molecule has 0 bridgehead atoms. The first-order valence-corrected chi connectivity index (χ1v) is 22.1. The van der Waals surface area contributed by atoms with E-state index in [0.717, 1.165) is 102 Å². The average molecular weight is 839 g/mol. The molecule has 0 fully saturated rings. The summed E-state index contributed by atoms with van der Waals surface area (Å²) in [6.45, 7) is 3.02. The second-order valence-corrected chi connectivity index (χ2v) is 17.1. The van der Waals surface area contributed by atoms with Crippen LogP contribution in [0.3, 0.4) is 0 Å². The molecular weight excluding hydrogens is 797 g/mol. The quantitative estimate of drug-likeness (QED) is 0.160. The Morgan fingerprint density at radius 1 is 0.446 bits per heavy atom. The fourth-order valence-corrected chi connectivity index (χ4v) is 10.3. The first kappa shape index (κ1) is 37.0. The lowest BCUT2D eigenvalue weighted by Crippen LogP contribution is -2.21. The molecule has 0 N–H and O–H groups in total. The summed E-state index contributed by atoms with van der Waals surface area (Å²) in [6, 6.07) is 67.2. The number of nitrogens with zero attached hydrogens (tertiary/aromatic N) is 6. The third-order valence-corrected chi connectivity index (χ3v) is 13.2. The summed E-state index contributed by atoms with van der Waals surface area (Å²) in [6.07, 6.45) is 6.27. The molecule has 0 spiro atoms. The van der Waals surface area contributed by atoms with Gasteiger partial charge in [-0.3, -0.25) is 4.57 Å². The Morgan fingerprint density at radius 3 is 1.46 bits per heavy atom. The molecule has 0 amide bonds. The van der Waals surface area contributed by atoms with Gasteiger partial charge in [0.15, 0.2) is 0 Å². The number of pyridine rings is 1. The van der Waals surface area contributed by atoms with Crippen molar-refractivity contribution >= 4 is 71.1 Å². The van der Waals surface area contributed by atoms with Crippen LogP contribution in [0, 0.1) is 6.92 Å². The zero-order valence-corrected chi connectivity index (χ0v) is 35.9. The van der Waals surface area contributed by atoms with E-state index in [-0.39, 0.29) is 0 Å². The molecule has 7 heteroatoms. The third-order valence-electron chi connectivity index (χ3n) is 13.2. The molecule has 1 aliphatic heterocycles. The number of hydrogen-bond acceptors (Lipinski definition) is 4. The van der Waals surface area contributed by atoms with Gasteiger partial charge in [-0.15, -0.1) is 0 Å². The first-order valence-electron chi connectivity index (χ1n) is 22.1. The monoisotopic (exact) mass is 838 g/mol. The molecule has 0 radical (unpaired) electrons. The van der Waals surface area contributed by atoms with E-state index in [0.29, 0.717) is 0 Å². The average Bonchev–Trinajstić information content (AvgIpc) is 4.11. The van der Waals surface area contributed by atoms with Gasteiger partial charge in [0.25, 0.3) is 0 Å². The minimum Gasteiger partial charge on any atom is -0.457 e. The molecule has 0 saturated heterocycles. The summed E-state index contributed by atoms with van der Waals surface area (Å²) in [5, 5.41) is 7.19. The number of aryl methyl sites for hydroxylation is 1.